The Morgan fingerprint density at radius 3 is 1.82 bits per heavy atom. The van der Waals surface area contributed by atoms with Crippen molar-refractivity contribution in [1.82, 2.24) is 0 Å². The van der Waals surface area contributed by atoms with Crippen LogP contribution in [0.2, 0.25) is 0 Å². The van der Waals surface area contributed by atoms with Gasteiger partial charge in [0.15, 0.2) is 6.10 Å². The van der Waals surface area contributed by atoms with Crippen molar-refractivity contribution in [2.75, 3.05) is 0 Å². The lowest BCUT2D eigenvalue weighted by atomic mass is 9.85. The molecular weight excluding hydrogens is 288 g/mol. The van der Waals surface area contributed by atoms with Crippen molar-refractivity contribution in [2.24, 2.45) is 0 Å². The highest BCUT2D eigenvalue weighted by Crippen LogP contribution is 2.27. The number of hydrogen-bond acceptors (Lipinski definition) is 6. The number of rotatable bonds is 2. The number of aliphatic hydroxyl groups excluding tert-OH is 5. The zero-order valence-electron chi connectivity index (χ0n) is 11.6. The van der Waals surface area contributed by atoms with E-state index in [2.05, 4.69) is 0 Å². The number of ether oxygens (including phenoxy) is 1. The third-order valence-corrected chi connectivity index (χ3v) is 4.07. The third kappa shape index (κ3) is 2.55. The summed E-state index contributed by atoms with van der Waals surface area (Å²) in [5.74, 6) is 0.387. The minimum Gasteiger partial charge on any atom is -0.485 e. The third-order valence-electron chi connectivity index (χ3n) is 4.07. The van der Waals surface area contributed by atoms with Crippen LogP contribution in [-0.2, 0) is 0 Å². The number of benzene rings is 2. The highest BCUT2D eigenvalue weighted by atomic mass is 16.5. The first-order chi connectivity index (χ1) is 10.5. The van der Waals surface area contributed by atoms with Crippen LogP contribution in [0, 0.1) is 0 Å². The summed E-state index contributed by atoms with van der Waals surface area (Å²) in [6, 6.07) is 12.8. The molecule has 3 rings (SSSR count). The normalized spacial score (nSPS) is 35.5. The molecule has 2 aromatic carbocycles. The Morgan fingerprint density at radius 1 is 0.636 bits per heavy atom. The van der Waals surface area contributed by atoms with E-state index in [0.717, 1.165) is 10.8 Å². The van der Waals surface area contributed by atoms with Gasteiger partial charge >= 0.3 is 0 Å². The molecule has 0 bridgehead atoms. The Hall–Kier alpha value is -1.70. The number of hydrogen-bond donors (Lipinski definition) is 5. The molecule has 0 radical (unpaired) electrons. The van der Waals surface area contributed by atoms with Crippen LogP contribution in [0.15, 0.2) is 42.5 Å². The van der Waals surface area contributed by atoms with E-state index in [9.17, 15) is 25.5 Å². The maximum atomic E-state index is 9.96. The molecule has 22 heavy (non-hydrogen) atoms. The van der Waals surface area contributed by atoms with E-state index < -0.39 is 36.6 Å². The van der Waals surface area contributed by atoms with Crippen molar-refractivity contribution in [1.29, 1.82) is 0 Å². The van der Waals surface area contributed by atoms with E-state index in [1.807, 2.05) is 30.3 Å². The predicted octanol–water partition coefficient (Wildman–Crippen LogP) is -0.595. The van der Waals surface area contributed by atoms with Crippen LogP contribution in [0.5, 0.6) is 5.75 Å². The predicted molar refractivity (Wildman–Crippen MR) is 78.4 cm³/mol. The lowest BCUT2D eigenvalue weighted by Gasteiger charge is -2.41. The van der Waals surface area contributed by atoms with Gasteiger partial charge in [0.1, 0.15) is 36.3 Å². The minimum absolute atomic E-state index is 0.387. The summed E-state index contributed by atoms with van der Waals surface area (Å²) < 4.78 is 5.55. The summed E-state index contributed by atoms with van der Waals surface area (Å²) in [5, 5.41) is 50.8. The minimum atomic E-state index is -1.62. The molecule has 1 aliphatic rings. The highest BCUT2D eigenvalue weighted by molar-refractivity contribution is 5.83. The Morgan fingerprint density at radius 2 is 1.18 bits per heavy atom. The molecular formula is C16H18O6. The molecule has 0 spiro atoms. The van der Waals surface area contributed by atoms with Crippen molar-refractivity contribution in [3.8, 4) is 5.75 Å². The molecule has 0 saturated heterocycles. The number of fused-ring (bicyclic) bond motifs is 1. The molecule has 6 atom stereocenters. The molecule has 6 nitrogen and oxygen atoms in total. The molecule has 5 N–H and O–H groups in total. The van der Waals surface area contributed by atoms with Gasteiger partial charge in [-0.3, -0.25) is 0 Å². The first-order valence-corrected chi connectivity index (χ1v) is 7.05. The van der Waals surface area contributed by atoms with E-state index in [1.54, 1.807) is 12.1 Å². The fourth-order valence-electron chi connectivity index (χ4n) is 2.73. The van der Waals surface area contributed by atoms with Gasteiger partial charge < -0.3 is 30.3 Å². The molecule has 2 unspecified atom stereocenters. The zero-order valence-corrected chi connectivity index (χ0v) is 11.6. The smallest absolute Gasteiger partial charge is 0.155 e. The van der Waals surface area contributed by atoms with E-state index in [0.29, 0.717) is 5.75 Å². The van der Waals surface area contributed by atoms with Crippen LogP contribution in [0.25, 0.3) is 10.8 Å². The average molecular weight is 306 g/mol. The van der Waals surface area contributed by atoms with Gasteiger partial charge in [0.2, 0.25) is 0 Å². The van der Waals surface area contributed by atoms with Gasteiger partial charge in [0, 0.05) is 0 Å². The molecule has 118 valence electrons. The van der Waals surface area contributed by atoms with Crippen molar-refractivity contribution in [3.05, 3.63) is 42.5 Å². The summed E-state index contributed by atoms with van der Waals surface area (Å²) in [6.07, 6.45) is -9.08. The van der Waals surface area contributed by atoms with Crippen LogP contribution < -0.4 is 4.74 Å². The molecule has 1 fully saturated rings. The molecule has 1 aliphatic carbocycles. The van der Waals surface area contributed by atoms with Gasteiger partial charge in [-0.25, -0.2) is 0 Å². The van der Waals surface area contributed by atoms with Crippen LogP contribution in [0.1, 0.15) is 0 Å². The molecule has 1 saturated carbocycles. The average Bonchev–Trinajstić information content (AvgIpc) is 2.55. The summed E-state index contributed by atoms with van der Waals surface area (Å²) in [4.78, 5) is 0. The van der Waals surface area contributed by atoms with Crippen molar-refractivity contribution >= 4 is 10.8 Å². The molecule has 0 amide bonds. The Balaban J connectivity index is 1.86. The standard InChI is InChI=1S/C16H18O6/c17-11-12(18)14(20)16(15(21)13(11)19)22-10-6-5-8-3-1-2-4-9(8)7-10/h1-7,11-21H/t11?,12-,13+,14-,15-,16?/m0/s1. The fourth-order valence-corrected chi connectivity index (χ4v) is 2.73. The van der Waals surface area contributed by atoms with Gasteiger partial charge in [-0.15, -0.1) is 0 Å². The van der Waals surface area contributed by atoms with Gasteiger partial charge in [0.25, 0.3) is 0 Å². The quantitative estimate of drug-likeness (QED) is 0.507. The van der Waals surface area contributed by atoms with Crippen molar-refractivity contribution < 1.29 is 30.3 Å². The highest BCUT2D eigenvalue weighted by Gasteiger charge is 2.49. The molecule has 0 aliphatic heterocycles. The number of aliphatic hydroxyl groups is 5. The maximum Gasteiger partial charge on any atom is 0.155 e. The summed E-state index contributed by atoms with van der Waals surface area (Å²) in [5.41, 5.74) is 0. The van der Waals surface area contributed by atoms with E-state index in [-0.39, 0.29) is 0 Å². The molecule has 0 heterocycles. The first-order valence-electron chi connectivity index (χ1n) is 7.05. The van der Waals surface area contributed by atoms with Crippen LogP contribution in [0.3, 0.4) is 0 Å². The Labute approximate surface area is 126 Å². The summed E-state index contributed by atoms with van der Waals surface area (Å²) >= 11 is 0. The Kier molecular flexibility index (Phi) is 4.03. The van der Waals surface area contributed by atoms with Crippen molar-refractivity contribution in [3.63, 3.8) is 0 Å². The van der Waals surface area contributed by atoms with E-state index in [4.69, 9.17) is 4.74 Å². The fraction of sp³-hybridized carbons (Fsp3) is 0.375. The van der Waals surface area contributed by atoms with Gasteiger partial charge in [0.05, 0.1) is 0 Å². The summed E-state index contributed by atoms with van der Waals surface area (Å²) in [7, 11) is 0. The van der Waals surface area contributed by atoms with Crippen LogP contribution in [0.4, 0.5) is 0 Å². The lowest BCUT2D eigenvalue weighted by Crippen LogP contribution is -2.65. The lowest BCUT2D eigenvalue weighted by molar-refractivity contribution is -0.216. The maximum absolute atomic E-state index is 9.96. The zero-order chi connectivity index (χ0) is 15.9. The Bertz CT molecular complexity index is 644. The largest absolute Gasteiger partial charge is 0.485 e. The van der Waals surface area contributed by atoms with Gasteiger partial charge in [-0.05, 0) is 22.9 Å². The van der Waals surface area contributed by atoms with Crippen molar-refractivity contribution in [2.45, 2.75) is 36.6 Å². The topological polar surface area (TPSA) is 110 Å². The van der Waals surface area contributed by atoms with E-state index >= 15 is 0 Å². The van der Waals surface area contributed by atoms with Crippen LogP contribution in [-0.4, -0.2) is 62.2 Å². The first kappa shape index (κ1) is 15.2. The van der Waals surface area contributed by atoms with Gasteiger partial charge in [-0.1, -0.05) is 30.3 Å². The molecule has 6 heteroatoms. The second kappa shape index (κ2) is 5.83. The molecule has 0 aromatic heterocycles. The summed E-state index contributed by atoms with van der Waals surface area (Å²) in [6.45, 7) is 0. The SMILES string of the molecule is OC1[C@@H](O)[C@H](O)C(Oc2ccc3ccccc3c2)[C@@H](O)[C@H]1O. The molecule has 2 aromatic rings. The second-order valence-electron chi connectivity index (χ2n) is 5.54. The van der Waals surface area contributed by atoms with E-state index in [1.165, 1.54) is 0 Å². The monoisotopic (exact) mass is 306 g/mol. The van der Waals surface area contributed by atoms with Crippen LogP contribution >= 0.6 is 0 Å². The van der Waals surface area contributed by atoms with Gasteiger partial charge in [-0.2, -0.15) is 0 Å². The second-order valence-corrected chi connectivity index (χ2v) is 5.54.